The van der Waals surface area contributed by atoms with Crippen molar-refractivity contribution in [3.8, 4) is 0 Å². The Hall–Kier alpha value is -1.21. The molecule has 20 heavy (non-hydrogen) atoms. The Morgan fingerprint density at radius 3 is 2.50 bits per heavy atom. The molecule has 0 saturated heterocycles. The SMILES string of the molecule is C[C@@H](O)c1ccc(CCNS(=O)(=O)c2ccccc2)s1. The first kappa shape index (κ1) is 15.2. The molecule has 0 aliphatic rings. The zero-order chi connectivity index (χ0) is 14.6. The molecular weight excluding hydrogens is 294 g/mol. The quantitative estimate of drug-likeness (QED) is 0.860. The van der Waals surface area contributed by atoms with E-state index in [9.17, 15) is 13.5 Å². The van der Waals surface area contributed by atoms with Crippen LogP contribution >= 0.6 is 11.3 Å². The molecule has 1 aromatic carbocycles. The lowest BCUT2D eigenvalue weighted by atomic mass is 10.3. The molecule has 0 aliphatic carbocycles. The minimum Gasteiger partial charge on any atom is -0.388 e. The van der Waals surface area contributed by atoms with Crippen LogP contribution in [-0.4, -0.2) is 20.1 Å². The second kappa shape index (κ2) is 6.49. The van der Waals surface area contributed by atoms with Gasteiger partial charge in [0.05, 0.1) is 11.0 Å². The highest BCUT2D eigenvalue weighted by Gasteiger charge is 2.12. The zero-order valence-corrected chi connectivity index (χ0v) is 12.7. The number of benzene rings is 1. The Kier molecular flexibility index (Phi) is 4.93. The van der Waals surface area contributed by atoms with Crippen LogP contribution in [0.4, 0.5) is 0 Å². The molecule has 0 fully saturated rings. The summed E-state index contributed by atoms with van der Waals surface area (Å²) in [6, 6.07) is 12.1. The van der Waals surface area contributed by atoms with Gasteiger partial charge in [-0.05, 0) is 37.6 Å². The van der Waals surface area contributed by atoms with Crippen LogP contribution in [0.2, 0.25) is 0 Å². The third-order valence-electron chi connectivity index (χ3n) is 2.81. The van der Waals surface area contributed by atoms with Crippen LogP contribution in [0, 0.1) is 0 Å². The summed E-state index contributed by atoms with van der Waals surface area (Å²) in [6.07, 6.45) is 0.137. The number of aliphatic hydroxyl groups is 1. The fraction of sp³-hybridized carbons (Fsp3) is 0.286. The molecule has 108 valence electrons. The van der Waals surface area contributed by atoms with Crippen LogP contribution < -0.4 is 4.72 Å². The summed E-state index contributed by atoms with van der Waals surface area (Å²) in [6.45, 7) is 2.06. The van der Waals surface area contributed by atoms with Gasteiger partial charge < -0.3 is 5.11 Å². The number of hydrogen-bond acceptors (Lipinski definition) is 4. The van der Waals surface area contributed by atoms with E-state index in [-0.39, 0.29) is 4.90 Å². The third-order valence-corrected chi connectivity index (χ3v) is 5.60. The van der Waals surface area contributed by atoms with Crippen molar-refractivity contribution in [1.29, 1.82) is 0 Å². The molecule has 6 heteroatoms. The van der Waals surface area contributed by atoms with E-state index in [0.717, 1.165) is 9.75 Å². The predicted octanol–water partition coefficient (Wildman–Crippen LogP) is 2.32. The lowest BCUT2D eigenvalue weighted by molar-refractivity contribution is 0.203. The summed E-state index contributed by atoms with van der Waals surface area (Å²) in [5, 5.41) is 9.44. The normalized spacial score (nSPS) is 13.3. The Labute approximate surface area is 123 Å². The number of thiophene rings is 1. The van der Waals surface area contributed by atoms with Gasteiger partial charge in [0.2, 0.25) is 10.0 Å². The van der Waals surface area contributed by atoms with E-state index in [2.05, 4.69) is 4.72 Å². The molecule has 2 aromatic rings. The molecule has 2 rings (SSSR count). The van der Waals surface area contributed by atoms with E-state index in [1.165, 1.54) is 11.3 Å². The van der Waals surface area contributed by atoms with Crippen molar-refractivity contribution >= 4 is 21.4 Å². The molecule has 0 bridgehead atoms. The van der Waals surface area contributed by atoms with Gasteiger partial charge in [0.15, 0.2) is 0 Å². The second-order valence-electron chi connectivity index (χ2n) is 4.44. The zero-order valence-electron chi connectivity index (χ0n) is 11.1. The second-order valence-corrected chi connectivity index (χ2v) is 7.41. The molecule has 2 N–H and O–H groups in total. The number of rotatable bonds is 6. The van der Waals surface area contributed by atoms with Crippen LogP contribution in [0.25, 0.3) is 0 Å². The monoisotopic (exact) mass is 311 g/mol. The molecule has 0 aliphatic heterocycles. The van der Waals surface area contributed by atoms with Crippen molar-refractivity contribution in [3.63, 3.8) is 0 Å². The van der Waals surface area contributed by atoms with Gasteiger partial charge in [-0.25, -0.2) is 13.1 Å². The predicted molar refractivity (Wildman–Crippen MR) is 80.3 cm³/mol. The standard InChI is InChI=1S/C14H17NO3S2/c1-11(16)14-8-7-12(19-14)9-10-15-20(17,18)13-5-3-2-4-6-13/h2-8,11,15-16H,9-10H2,1H3/t11-/m1/s1. The van der Waals surface area contributed by atoms with Crippen molar-refractivity contribution in [2.24, 2.45) is 0 Å². The number of hydrogen-bond donors (Lipinski definition) is 2. The van der Waals surface area contributed by atoms with Gasteiger partial charge >= 0.3 is 0 Å². The average molecular weight is 311 g/mol. The van der Waals surface area contributed by atoms with Crippen LogP contribution in [-0.2, 0) is 16.4 Å². The number of aliphatic hydroxyl groups excluding tert-OH is 1. The summed E-state index contributed by atoms with van der Waals surface area (Å²) >= 11 is 1.50. The van der Waals surface area contributed by atoms with Crippen LogP contribution in [0.3, 0.4) is 0 Å². The van der Waals surface area contributed by atoms with Crippen molar-refractivity contribution < 1.29 is 13.5 Å². The Morgan fingerprint density at radius 2 is 1.90 bits per heavy atom. The highest BCUT2D eigenvalue weighted by Crippen LogP contribution is 2.23. The van der Waals surface area contributed by atoms with Gasteiger partial charge in [0, 0.05) is 16.3 Å². The first-order valence-corrected chi connectivity index (χ1v) is 8.60. The van der Waals surface area contributed by atoms with Crippen molar-refractivity contribution in [2.75, 3.05) is 6.54 Å². The van der Waals surface area contributed by atoms with Crippen molar-refractivity contribution in [1.82, 2.24) is 4.72 Å². The molecule has 0 saturated carbocycles. The highest BCUT2D eigenvalue weighted by molar-refractivity contribution is 7.89. The Morgan fingerprint density at radius 1 is 1.20 bits per heavy atom. The van der Waals surface area contributed by atoms with Gasteiger partial charge in [-0.15, -0.1) is 11.3 Å². The van der Waals surface area contributed by atoms with Gasteiger partial charge in [-0.3, -0.25) is 0 Å². The summed E-state index contributed by atoms with van der Waals surface area (Å²) in [4.78, 5) is 2.22. The third kappa shape index (κ3) is 3.89. The molecule has 0 spiro atoms. The molecule has 4 nitrogen and oxygen atoms in total. The maximum absolute atomic E-state index is 12.0. The van der Waals surface area contributed by atoms with Gasteiger partial charge in [-0.1, -0.05) is 18.2 Å². The van der Waals surface area contributed by atoms with E-state index < -0.39 is 16.1 Å². The lowest BCUT2D eigenvalue weighted by Gasteiger charge is -2.05. The van der Waals surface area contributed by atoms with Crippen molar-refractivity contribution in [2.45, 2.75) is 24.3 Å². The highest BCUT2D eigenvalue weighted by atomic mass is 32.2. The first-order chi connectivity index (χ1) is 9.49. The minimum atomic E-state index is -3.43. The Bertz CT molecular complexity index is 648. The molecule has 0 amide bonds. The molecule has 1 heterocycles. The van der Waals surface area contributed by atoms with Gasteiger partial charge in [0.25, 0.3) is 0 Å². The molecule has 0 unspecified atom stereocenters. The topological polar surface area (TPSA) is 66.4 Å². The number of nitrogens with one attached hydrogen (secondary N) is 1. The van der Waals surface area contributed by atoms with Gasteiger partial charge in [-0.2, -0.15) is 0 Å². The van der Waals surface area contributed by atoms with Crippen LogP contribution in [0.15, 0.2) is 47.4 Å². The van der Waals surface area contributed by atoms with E-state index in [1.807, 2.05) is 12.1 Å². The minimum absolute atomic E-state index is 0.274. The van der Waals surface area contributed by atoms with E-state index in [1.54, 1.807) is 37.3 Å². The molecular formula is C14H17NO3S2. The first-order valence-electron chi connectivity index (χ1n) is 6.30. The van der Waals surface area contributed by atoms with E-state index in [0.29, 0.717) is 13.0 Å². The fourth-order valence-electron chi connectivity index (χ4n) is 1.74. The maximum Gasteiger partial charge on any atom is 0.240 e. The summed E-state index contributed by atoms with van der Waals surface area (Å²) in [5.74, 6) is 0. The largest absolute Gasteiger partial charge is 0.388 e. The average Bonchev–Trinajstić information content (AvgIpc) is 2.89. The summed E-state index contributed by atoms with van der Waals surface area (Å²) in [5.41, 5.74) is 0. The van der Waals surface area contributed by atoms with E-state index in [4.69, 9.17) is 0 Å². The van der Waals surface area contributed by atoms with E-state index >= 15 is 0 Å². The smallest absolute Gasteiger partial charge is 0.240 e. The number of sulfonamides is 1. The lowest BCUT2D eigenvalue weighted by Crippen LogP contribution is -2.25. The van der Waals surface area contributed by atoms with Gasteiger partial charge in [0.1, 0.15) is 0 Å². The maximum atomic E-state index is 12.0. The summed E-state index contributed by atoms with van der Waals surface area (Å²) < 4.78 is 26.6. The molecule has 1 atom stereocenters. The Balaban J connectivity index is 1.92. The molecule has 0 radical (unpaired) electrons. The van der Waals surface area contributed by atoms with Crippen molar-refractivity contribution in [3.05, 3.63) is 52.2 Å². The van der Waals surface area contributed by atoms with Crippen LogP contribution in [0.1, 0.15) is 22.8 Å². The fourth-order valence-corrected chi connectivity index (χ4v) is 3.75. The van der Waals surface area contributed by atoms with Crippen LogP contribution in [0.5, 0.6) is 0 Å². The molecule has 1 aromatic heterocycles. The summed E-state index contributed by atoms with van der Waals surface area (Å²) in [7, 11) is -3.43.